The molecular weight excluding hydrogens is 202 g/mol. The van der Waals surface area contributed by atoms with Crippen LogP contribution in [0.4, 0.5) is 0 Å². The van der Waals surface area contributed by atoms with E-state index in [2.05, 4.69) is 0 Å². The average Bonchev–Trinajstić information content (AvgIpc) is 2.77. The largest absolute Gasteiger partial charge is 0.509 e. The molecule has 0 radical (unpaired) electrons. The number of fused-ring (bicyclic) bond motifs is 3. The van der Waals surface area contributed by atoms with E-state index >= 15 is 0 Å². The van der Waals surface area contributed by atoms with Gasteiger partial charge in [0.15, 0.2) is 0 Å². The molecule has 2 heterocycles. The molecular formula is C12H15N3O. The van der Waals surface area contributed by atoms with Gasteiger partial charge in [0, 0.05) is 6.04 Å². The van der Waals surface area contributed by atoms with Gasteiger partial charge in [0.1, 0.15) is 23.2 Å². The van der Waals surface area contributed by atoms with Gasteiger partial charge >= 0.3 is 0 Å². The van der Waals surface area contributed by atoms with E-state index in [1.165, 1.54) is 19.3 Å². The lowest BCUT2D eigenvalue weighted by molar-refractivity contribution is 0.233. The number of nitrogens with one attached hydrogen (secondary N) is 1. The SMILES string of the molecule is N#CC1=C(O)C2CC3CCCCC3N2C1=N. The van der Waals surface area contributed by atoms with Gasteiger partial charge in [0.25, 0.3) is 0 Å². The van der Waals surface area contributed by atoms with E-state index in [0.29, 0.717) is 12.0 Å². The number of hydrogen-bond donors (Lipinski definition) is 2. The van der Waals surface area contributed by atoms with Crippen molar-refractivity contribution in [2.45, 2.75) is 44.2 Å². The van der Waals surface area contributed by atoms with E-state index in [1.54, 1.807) is 0 Å². The van der Waals surface area contributed by atoms with Gasteiger partial charge in [-0.05, 0) is 25.2 Å². The van der Waals surface area contributed by atoms with Crippen LogP contribution in [0.3, 0.4) is 0 Å². The van der Waals surface area contributed by atoms with Gasteiger partial charge in [-0.15, -0.1) is 0 Å². The number of nitrogens with zero attached hydrogens (tertiary/aromatic N) is 2. The summed E-state index contributed by atoms with van der Waals surface area (Å²) in [6.45, 7) is 0. The van der Waals surface area contributed by atoms with Crippen molar-refractivity contribution < 1.29 is 5.11 Å². The topological polar surface area (TPSA) is 71.1 Å². The Kier molecular flexibility index (Phi) is 1.97. The van der Waals surface area contributed by atoms with Crippen molar-refractivity contribution in [2.24, 2.45) is 5.92 Å². The lowest BCUT2D eigenvalue weighted by atomic mass is 9.84. The van der Waals surface area contributed by atoms with Crippen LogP contribution < -0.4 is 0 Å². The summed E-state index contributed by atoms with van der Waals surface area (Å²) in [5.74, 6) is 1.00. The molecule has 16 heavy (non-hydrogen) atoms. The predicted molar refractivity (Wildman–Crippen MR) is 59.0 cm³/mol. The Balaban J connectivity index is 1.96. The van der Waals surface area contributed by atoms with E-state index in [0.717, 1.165) is 12.8 Å². The van der Waals surface area contributed by atoms with Crippen LogP contribution in [-0.4, -0.2) is 27.9 Å². The molecule has 0 aromatic heterocycles. The minimum Gasteiger partial charge on any atom is -0.509 e. The zero-order valence-corrected chi connectivity index (χ0v) is 9.11. The third-order valence-electron chi connectivity index (χ3n) is 4.27. The van der Waals surface area contributed by atoms with Crippen LogP contribution in [0.25, 0.3) is 0 Å². The number of aliphatic hydroxyl groups is 1. The molecule has 0 bridgehead atoms. The lowest BCUT2D eigenvalue weighted by Crippen LogP contribution is -2.39. The number of rotatable bonds is 0. The van der Waals surface area contributed by atoms with Gasteiger partial charge in [0.05, 0.1) is 6.04 Å². The summed E-state index contributed by atoms with van der Waals surface area (Å²) in [5, 5.41) is 26.8. The van der Waals surface area contributed by atoms with Gasteiger partial charge in [-0.25, -0.2) is 0 Å². The van der Waals surface area contributed by atoms with E-state index in [4.69, 9.17) is 10.7 Å². The lowest BCUT2D eigenvalue weighted by Gasteiger charge is -2.32. The highest BCUT2D eigenvalue weighted by Crippen LogP contribution is 2.45. The quantitative estimate of drug-likeness (QED) is 0.651. The first-order valence-electron chi connectivity index (χ1n) is 5.94. The molecule has 3 atom stereocenters. The second-order valence-corrected chi connectivity index (χ2v) is 4.99. The Bertz CT molecular complexity index is 420. The van der Waals surface area contributed by atoms with Crippen molar-refractivity contribution in [1.82, 2.24) is 4.90 Å². The summed E-state index contributed by atoms with van der Waals surface area (Å²) in [6.07, 6.45) is 5.71. The second-order valence-electron chi connectivity index (χ2n) is 4.99. The van der Waals surface area contributed by atoms with E-state index in [1.807, 2.05) is 11.0 Å². The van der Waals surface area contributed by atoms with E-state index in [-0.39, 0.29) is 23.2 Å². The van der Waals surface area contributed by atoms with Crippen LogP contribution in [0, 0.1) is 22.7 Å². The van der Waals surface area contributed by atoms with Crippen LogP contribution in [0.15, 0.2) is 11.3 Å². The normalized spacial score (nSPS) is 37.3. The molecule has 3 aliphatic rings. The third kappa shape index (κ3) is 1.06. The first kappa shape index (κ1) is 9.71. The number of hydrogen-bond acceptors (Lipinski definition) is 3. The molecule has 0 spiro atoms. The van der Waals surface area contributed by atoms with Crippen LogP contribution >= 0.6 is 0 Å². The molecule has 4 nitrogen and oxygen atoms in total. The van der Waals surface area contributed by atoms with Gasteiger partial charge in [-0.1, -0.05) is 12.8 Å². The fraction of sp³-hybridized carbons (Fsp3) is 0.667. The van der Waals surface area contributed by atoms with Gasteiger partial charge in [-0.3, -0.25) is 5.41 Å². The zero-order valence-electron chi connectivity index (χ0n) is 9.11. The highest BCUT2D eigenvalue weighted by atomic mass is 16.3. The average molecular weight is 217 g/mol. The molecule has 84 valence electrons. The fourth-order valence-electron chi connectivity index (χ4n) is 3.55. The monoisotopic (exact) mass is 217 g/mol. The van der Waals surface area contributed by atoms with Crippen molar-refractivity contribution in [3.63, 3.8) is 0 Å². The van der Waals surface area contributed by atoms with Crippen molar-refractivity contribution in [3.05, 3.63) is 11.3 Å². The Hall–Kier alpha value is -1.50. The van der Waals surface area contributed by atoms with Crippen molar-refractivity contribution in [2.75, 3.05) is 0 Å². The highest BCUT2D eigenvalue weighted by Gasteiger charge is 2.50. The Labute approximate surface area is 94.7 Å². The zero-order chi connectivity index (χ0) is 11.3. The molecule has 0 aromatic carbocycles. The molecule has 1 saturated carbocycles. The molecule has 2 aliphatic heterocycles. The fourth-order valence-corrected chi connectivity index (χ4v) is 3.55. The number of amidine groups is 1. The van der Waals surface area contributed by atoms with Crippen molar-refractivity contribution in [1.29, 1.82) is 10.7 Å². The molecule has 3 unspecified atom stereocenters. The van der Waals surface area contributed by atoms with Gasteiger partial charge < -0.3 is 10.0 Å². The molecule has 1 aliphatic carbocycles. The molecule has 2 N–H and O–H groups in total. The maximum absolute atomic E-state index is 9.95. The molecule has 4 heteroatoms. The molecule has 0 amide bonds. The Morgan fingerprint density at radius 1 is 1.38 bits per heavy atom. The van der Waals surface area contributed by atoms with Crippen LogP contribution in [0.1, 0.15) is 32.1 Å². The maximum atomic E-state index is 9.95. The second kappa shape index (κ2) is 3.24. The summed E-state index contributed by atoms with van der Waals surface area (Å²) in [4.78, 5) is 1.98. The molecule has 3 rings (SSSR count). The Morgan fingerprint density at radius 2 is 2.12 bits per heavy atom. The van der Waals surface area contributed by atoms with Gasteiger partial charge in [-0.2, -0.15) is 5.26 Å². The molecule has 0 aromatic rings. The van der Waals surface area contributed by atoms with Crippen molar-refractivity contribution >= 4 is 5.84 Å². The third-order valence-corrected chi connectivity index (χ3v) is 4.27. The van der Waals surface area contributed by atoms with Crippen molar-refractivity contribution in [3.8, 4) is 6.07 Å². The van der Waals surface area contributed by atoms with Crippen LogP contribution in [0.5, 0.6) is 0 Å². The summed E-state index contributed by atoms with van der Waals surface area (Å²) >= 11 is 0. The van der Waals surface area contributed by atoms with Crippen LogP contribution in [0.2, 0.25) is 0 Å². The smallest absolute Gasteiger partial charge is 0.143 e. The highest BCUT2D eigenvalue weighted by molar-refractivity contribution is 6.03. The predicted octanol–water partition coefficient (Wildman–Crippen LogP) is 1.95. The summed E-state index contributed by atoms with van der Waals surface area (Å²) in [6, 6.07) is 2.27. The number of nitriles is 1. The van der Waals surface area contributed by atoms with E-state index in [9.17, 15) is 5.11 Å². The molecule has 2 fully saturated rings. The summed E-state index contributed by atoms with van der Waals surface area (Å²) in [5.41, 5.74) is 0.189. The van der Waals surface area contributed by atoms with E-state index < -0.39 is 0 Å². The minimum atomic E-state index is -0.0738. The first-order valence-corrected chi connectivity index (χ1v) is 5.94. The summed E-state index contributed by atoms with van der Waals surface area (Å²) in [7, 11) is 0. The molecule has 1 saturated heterocycles. The first-order chi connectivity index (χ1) is 7.74. The number of aliphatic hydroxyl groups excluding tert-OH is 1. The summed E-state index contributed by atoms with van der Waals surface area (Å²) < 4.78 is 0. The minimum absolute atomic E-state index is 0.0738. The standard InChI is InChI=1S/C12H15N3O/c13-6-8-11(16)10-5-7-3-1-2-4-9(7)15(10)12(8)14/h7,9-10,14,16H,1-5H2. The Morgan fingerprint density at radius 3 is 2.88 bits per heavy atom. The maximum Gasteiger partial charge on any atom is 0.143 e. The van der Waals surface area contributed by atoms with Crippen LogP contribution in [-0.2, 0) is 0 Å². The van der Waals surface area contributed by atoms with Gasteiger partial charge in [0.2, 0.25) is 0 Å².